The summed E-state index contributed by atoms with van der Waals surface area (Å²) in [5.41, 5.74) is 0. The van der Waals surface area contributed by atoms with Crippen molar-refractivity contribution in [1.29, 1.82) is 0 Å². The Kier molecular flexibility index (Phi) is 5.33. The summed E-state index contributed by atoms with van der Waals surface area (Å²) >= 11 is 5.33. The molecule has 0 bridgehead atoms. The highest BCUT2D eigenvalue weighted by Gasteiger charge is 2.03. The van der Waals surface area contributed by atoms with Gasteiger partial charge in [0.2, 0.25) is 0 Å². The molecule has 0 amide bonds. The number of anilines is 1. The topological polar surface area (TPSA) is 24.9 Å². The first kappa shape index (κ1) is 11.9. The minimum atomic E-state index is 0.666. The molecule has 1 N–H and O–H groups in total. The molecule has 1 aromatic heterocycles. The van der Waals surface area contributed by atoms with Crippen molar-refractivity contribution >= 4 is 33.5 Å². The average molecular weight is 275 g/mol. The number of pyridine rings is 1. The van der Waals surface area contributed by atoms with Gasteiger partial charge in [-0.1, -0.05) is 6.92 Å². The van der Waals surface area contributed by atoms with Crippen molar-refractivity contribution in [2.24, 2.45) is 5.92 Å². The summed E-state index contributed by atoms with van der Waals surface area (Å²) in [5, 5.41) is 3.33. The Hall–Kier alpha value is -0.220. The Morgan fingerprint density at radius 3 is 3.07 bits per heavy atom. The van der Waals surface area contributed by atoms with E-state index < -0.39 is 0 Å². The molecule has 0 radical (unpaired) electrons. The van der Waals surface area contributed by atoms with Crippen LogP contribution in [0, 0.1) is 5.92 Å². The molecule has 0 aliphatic rings. The van der Waals surface area contributed by atoms with Gasteiger partial charge in [-0.3, -0.25) is 0 Å². The molecule has 1 aromatic rings. The number of thioether (sulfide) groups is 1. The Bertz CT molecular complexity index is 281. The van der Waals surface area contributed by atoms with E-state index in [1.807, 2.05) is 23.9 Å². The molecule has 1 heterocycles. The Labute approximate surface area is 98.0 Å². The lowest BCUT2D eigenvalue weighted by Crippen LogP contribution is -2.14. The molecule has 1 rings (SSSR count). The van der Waals surface area contributed by atoms with Crippen molar-refractivity contribution < 1.29 is 0 Å². The van der Waals surface area contributed by atoms with Crippen molar-refractivity contribution in [3.63, 3.8) is 0 Å². The average Bonchev–Trinajstić information content (AvgIpc) is 2.17. The maximum atomic E-state index is 4.25. The lowest BCUT2D eigenvalue weighted by Gasteiger charge is -2.12. The Balaban J connectivity index is 2.41. The van der Waals surface area contributed by atoms with Gasteiger partial charge < -0.3 is 5.32 Å². The van der Waals surface area contributed by atoms with Gasteiger partial charge >= 0.3 is 0 Å². The van der Waals surface area contributed by atoms with Crippen molar-refractivity contribution in [3.05, 3.63) is 22.8 Å². The van der Waals surface area contributed by atoms with Crippen LogP contribution in [0.2, 0.25) is 0 Å². The predicted molar refractivity (Wildman–Crippen MR) is 68.0 cm³/mol. The van der Waals surface area contributed by atoms with E-state index in [0.717, 1.165) is 16.8 Å². The van der Waals surface area contributed by atoms with Crippen LogP contribution in [-0.2, 0) is 0 Å². The summed E-state index contributed by atoms with van der Waals surface area (Å²) in [7, 11) is 0. The molecular formula is C10H15BrN2S. The third kappa shape index (κ3) is 3.88. The summed E-state index contributed by atoms with van der Waals surface area (Å²) in [6, 6.07) is 3.91. The molecule has 1 unspecified atom stereocenters. The van der Waals surface area contributed by atoms with E-state index in [1.165, 1.54) is 5.75 Å². The highest BCUT2D eigenvalue weighted by atomic mass is 79.9. The summed E-state index contributed by atoms with van der Waals surface area (Å²) in [6.45, 7) is 3.21. The lowest BCUT2D eigenvalue weighted by molar-refractivity contribution is 0.699. The van der Waals surface area contributed by atoms with Gasteiger partial charge in [-0.25, -0.2) is 4.98 Å². The van der Waals surface area contributed by atoms with Crippen LogP contribution in [0.5, 0.6) is 0 Å². The van der Waals surface area contributed by atoms with E-state index >= 15 is 0 Å². The fourth-order valence-electron chi connectivity index (χ4n) is 1.13. The van der Waals surface area contributed by atoms with Crippen LogP contribution in [0.1, 0.15) is 6.92 Å². The standard InChI is InChI=1S/C10H15BrN2S/c1-8(7-14-2)6-13-10-9(11)4-3-5-12-10/h3-5,8H,6-7H2,1-2H3,(H,12,13). The molecule has 14 heavy (non-hydrogen) atoms. The third-order valence-electron chi connectivity index (χ3n) is 1.83. The number of hydrogen-bond acceptors (Lipinski definition) is 3. The van der Waals surface area contributed by atoms with Gasteiger partial charge in [0.05, 0.1) is 4.47 Å². The van der Waals surface area contributed by atoms with Gasteiger partial charge in [-0.15, -0.1) is 0 Å². The van der Waals surface area contributed by atoms with Crippen LogP contribution in [0.15, 0.2) is 22.8 Å². The van der Waals surface area contributed by atoms with E-state index in [2.05, 4.69) is 39.4 Å². The van der Waals surface area contributed by atoms with E-state index in [4.69, 9.17) is 0 Å². The molecule has 0 aliphatic heterocycles. The number of halogens is 1. The van der Waals surface area contributed by atoms with Crippen molar-refractivity contribution in [3.8, 4) is 0 Å². The quantitative estimate of drug-likeness (QED) is 0.892. The molecule has 0 saturated carbocycles. The van der Waals surface area contributed by atoms with Gasteiger partial charge in [0.1, 0.15) is 5.82 Å². The van der Waals surface area contributed by atoms with Crippen molar-refractivity contribution in [1.82, 2.24) is 4.98 Å². The molecule has 0 saturated heterocycles. The molecule has 0 spiro atoms. The number of nitrogens with one attached hydrogen (secondary N) is 1. The monoisotopic (exact) mass is 274 g/mol. The van der Waals surface area contributed by atoms with Crippen molar-refractivity contribution in [2.75, 3.05) is 23.9 Å². The predicted octanol–water partition coefficient (Wildman–Crippen LogP) is 3.26. The highest BCUT2D eigenvalue weighted by molar-refractivity contribution is 9.10. The highest BCUT2D eigenvalue weighted by Crippen LogP contribution is 2.18. The number of hydrogen-bond donors (Lipinski definition) is 1. The number of rotatable bonds is 5. The first-order valence-electron chi connectivity index (χ1n) is 4.57. The Morgan fingerprint density at radius 1 is 1.64 bits per heavy atom. The summed E-state index contributed by atoms with van der Waals surface area (Å²) in [4.78, 5) is 4.25. The van der Waals surface area contributed by atoms with Gasteiger partial charge in [0, 0.05) is 12.7 Å². The maximum absolute atomic E-state index is 4.25. The largest absolute Gasteiger partial charge is 0.369 e. The van der Waals surface area contributed by atoms with Crippen LogP contribution in [0.4, 0.5) is 5.82 Å². The van der Waals surface area contributed by atoms with Gasteiger partial charge in [-0.05, 0) is 46.0 Å². The second-order valence-corrected chi connectivity index (χ2v) is 5.04. The third-order valence-corrected chi connectivity index (χ3v) is 3.37. The van der Waals surface area contributed by atoms with E-state index in [0.29, 0.717) is 5.92 Å². The second kappa shape index (κ2) is 6.30. The van der Waals surface area contributed by atoms with Gasteiger partial charge in [-0.2, -0.15) is 11.8 Å². The molecule has 1 atom stereocenters. The summed E-state index contributed by atoms with van der Waals surface area (Å²) in [6.07, 6.45) is 3.93. The van der Waals surface area contributed by atoms with Crippen LogP contribution in [0.3, 0.4) is 0 Å². The van der Waals surface area contributed by atoms with Crippen LogP contribution in [-0.4, -0.2) is 23.5 Å². The lowest BCUT2D eigenvalue weighted by atomic mass is 10.2. The molecular weight excluding hydrogens is 260 g/mol. The number of aromatic nitrogens is 1. The minimum absolute atomic E-state index is 0.666. The van der Waals surface area contributed by atoms with Crippen LogP contribution >= 0.6 is 27.7 Å². The van der Waals surface area contributed by atoms with Crippen molar-refractivity contribution in [2.45, 2.75) is 6.92 Å². The van der Waals surface area contributed by atoms with Gasteiger partial charge in [0.15, 0.2) is 0 Å². The van der Waals surface area contributed by atoms with Crippen LogP contribution < -0.4 is 5.32 Å². The fourth-order valence-corrected chi connectivity index (χ4v) is 2.21. The molecule has 0 aromatic carbocycles. The minimum Gasteiger partial charge on any atom is -0.369 e. The first-order chi connectivity index (χ1) is 6.74. The normalized spacial score (nSPS) is 12.5. The summed E-state index contributed by atoms with van der Waals surface area (Å²) < 4.78 is 1.02. The zero-order valence-electron chi connectivity index (χ0n) is 8.46. The van der Waals surface area contributed by atoms with E-state index in [9.17, 15) is 0 Å². The molecule has 78 valence electrons. The summed E-state index contributed by atoms with van der Waals surface area (Å²) in [5.74, 6) is 2.77. The second-order valence-electron chi connectivity index (χ2n) is 3.28. The molecule has 0 fully saturated rings. The Morgan fingerprint density at radius 2 is 2.43 bits per heavy atom. The van der Waals surface area contributed by atoms with E-state index in [-0.39, 0.29) is 0 Å². The van der Waals surface area contributed by atoms with E-state index in [1.54, 1.807) is 6.20 Å². The van der Waals surface area contributed by atoms with Gasteiger partial charge in [0.25, 0.3) is 0 Å². The van der Waals surface area contributed by atoms with Crippen LogP contribution in [0.25, 0.3) is 0 Å². The molecule has 2 nitrogen and oxygen atoms in total. The maximum Gasteiger partial charge on any atom is 0.140 e. The SMILES string of the molecule is CSCC(C)CNc1ncccc1Br. The molecule has 4 heteroatoms. The zero-order chi connectivity index (χ0) is 10.4. The number of nitrogens with zero attached hydrogens (tertiary/aromatic N) is 1. The molecule has 0 aliphatic carbocycles. The first-order valence-corrected chi connectivity index (χ1v) is 6.76. The zero-order valence-corrected chi connectivity index (χ0v) is 10.9. The fraction of sp³-hybridized carbons (Fsp3) is 0.500. The smallest absolute Gasteiger partial charge is 0.140 e.